The summed E-state index contributed by atoms with van der Waals surface area (Å²) in [6.45, 7) is 2.72. The number of hydrogen-bond donors (Lipinski definition) is 1. The monoisotopic (exact) mass is 268 g/mol. The normalized spacial score (nSPS) is 23.7. The van der Waals surface area contributed by atoms with Gasteiger partial charge in [0.05, 0.1) is 13.2 Å². The molecule has 1 aliphatic rings. The predicted molar refractivity (Wildman–Crippen MR) is 67.8 cm³/mol. The molecule has 1 aliphatic carbocycles. The third-order valence-electron chi connectivity index (χ3n) is 3.49. The molecule has 1 saturated carbocycles. The molecule has 0 amide bonds. The van der Waals surface area contributed by atoms with Gasteiger partial charge in [0, 0.05) is 6.61 Å². The molecular weight excluding hydrogens is 248 g/mol. The number of carbonyl (C=O) groups is 1. The van der Waals surface area contributed by atoms with Gasteiger partial charge in [-0.2, -0.15) is 0 Å². The molecule has 1 atom stereocenters. The van der Waals surface area contributed by atoms with Gasteiger partial charge in [-0.15, -0.1) is 0 Å². The van der Waals surface area contributed by atoms with Crippen LogP contribution in [0.2, 0.25) is 0 Å². The Bertz CT molecular complexity index is 419. The Balaban J connectivity index is 1.82. The van der Waals surface area contributed by atoms with Crippen LogP contribution in [0.5, 0.6) is 0 Å². The van der Waals surface area contributed by atoms with Crippen LogP contribution in [0.25, 0.3) is 0 Å². The van der Waals surface area contributed by atoms with Gasteiger partial charge in [0.1, 0.15) is 11.9 Å². The van der Waals surface area contributed by atoms with E-state index in [-0.39, 0.29) is 5.76 Å². The molecule has 1 aromatic rings. The zero-order valence-corrected chi connectivity index (χ0v) is 11.3. The second kappa shape index (κ2) is 6.21. The molecule has 0 radical (unpaired) electrons. The molecule has 1 N–H and O–H groups in total. The summed E-state index contributed by atoms with van der Waals surface area (Å²) in [6.07, 6.45) is 2.26. The van der Waals surface area contributed by atoms with Crippen LogP contribution < -0.4 is 0 Å². The smallest absolute Gasteiger partial charge is 0.373 e. The highest BCUT2D eigenvalue weighted by atomic mass is 16.5. The average molecular weight is 268 g/mol. The number of carbonyl (C=O) groups excluding carboxylic acids is 1. The van der Waals surface area contributed by atoms with Crippen molar-refractivity contribution in [1.29, 1.82) is 0 Å². The van der Waals surface area contributed by atoms with Crippen molar-refractivity contribution < 1.29 is 23.8 Å². The minimum absolute atomic E-state index is 0.123. The van der Waals surface area contributed by atoms with Gasteiger partial charge in [0.25, 0.3) is 0 Å². The largest absolute Gasteiger partial charge is 0.463 e. The average Bonchev–Trinajstić information content (AvgIpc) is 2.84. The van der Waals surface area contributed by atoms with Crippen LogP contribution in [-0.4, -0.2) is 30.9 Å². The number of aliphatic hydroxyl groups is 1. The van der Waals surface area contributed by atoms with Crippen molar-refractivity contribution in [3.05, 3.63) is 23.7 Å². The first-order chi connectivity index (χ1) is 9.13. The highest BCUT2D eigenvalue weighted by Gasteiger charge is 2.32. The number of furan rings is 1. The fourth-order valence-electron chi connectivity index (χ4n) is 2.41. The molecule has 1 unspecified atom stereocenters. The van der Waals surface area contributed by atoms with E-state index in [1.54, 1.807) is 6.07 Å². The Morgan fingerprint density at radius 3 is 2.89 bits per heavy atom. The van der Waals surface area contributed by atoms with Crippen LogP contribution in [0, 0.1) is 5.92 Å². The number of rotatable bonds is 6. The molecule has 2 rings (SSSR count). The molecule has 5 nitrogen and oxygen atoms in total. The summed E-state index contributed by atoms with van der Waals surface area (Å²) in [6, 6.07) is 3.14. The van der Waals surface area contributed by atoms with E-state index in [1.165, 1.54) is 13.2 Å². The van der Waals surface area contributed by atoms with E-state index in [0.29, 0.717) is 24.2 Å². The quantitative estimate of drug-likeness (QED) is 0.802. The summed E-state index contributed by atoms with van der Waals surface area (Å²) < 4.78 is 15.3. The van der Waals surface area contributed by atoms with Crippen LogP contribution in [0.1, 0.15) is 48.6 Å². The molecule has 106 valence electrons. The molecule has 19 heavy (non-hydrogen) atoms. The maximum absolute atomic E-state index is 11.2. The Morgan fingerprint density at radius 2 is 2.26 bits per heavy atom. The third-order valence-corrected chi connectivity index (χ3v) is 3.49. The molecule has 0 spiro atoms. The fourth-order valence-corrected chi connectivity index (χ4v) is 2.41. The standard InChI is InChI=1S/C14H20O5/c1-3-18-10-6-9(7-10)8-11(15)12-4-5-13(19-12)14(16)17-2/h4-5,9-11,15H,3,6-8H2,1-2H3. The van der Waals surface area contributed by atoms with Crippen LogP contribution in [0.4, 0.5) is 0 Å². The molecule has 0 bridgehead atoms. The van der Waals surface area contributed by atoms with Gasteiger partial charge in [-0.3, -0.25) is 0 Å². The number of esters is 1. The van der Waals surface area contributed by atoms with Gasteiger partial charge < -0.3 is 19.0 Å². The molecule has 0 saturated heterocycles. The first kappa shape index (κ1) is 14.1. The van der Waals surface area contributed by atoms with Crippen molar-refractivity contribution in [2.24, 2.45) is 5.92 Å². The van der Waals surface area contributed by atoms with Crippen molar-refractivity contribution in [1.82, 2.24) is 0 Å². The summed E-state index contributed by atoms with van der Waals surface area (Å²) >= 11 is 0. The van der Waals surface area contributed by atoms with E-state index >= 15 is 0 Å². The molecule has 1 heterocycles. The minimum atomic E-state index is -0.675. The van der Waals surface area contributed by atoms with Crippen molar-refractivity contribution >= 4 is 5.97 Å². The van der Waals surface area contributed by atoms with Crippen molar-refractivity contribution in [3.8, 4) is 0 Å². The van der Waals surface area contributed by atoms with Gasteiger partial charge in [-0.05, 0) is 44.2 Å². The van der Waals surface area contributed by atoms with E-state index in [4.69, 9.17) is 9.15 Å². The summed E-state index contributed by atoms with van der Waals surface area (Å²) in [5.41, 5.74) is 0. The highest BCUT2D eigenvalue weighted by molar-refractivity contribution is 5.86. The van der Waals surface area contributed by atoms with E-state index in [1.807, 2.05) is 6.92 Å². The second-order valence-corrected chi connectivity index (χ2v) is 4.86. The zero-order chi connectivity index (χ0) is 13.8. The first-order valence-corrected chi connectivity index (χ1v) is 6.61. The predicted octanol–water partition coefficient (Wildman–Crippen LogP) is 2.30. The van der Waals surface area contributed by atoms with Gasteiger partial charge >= 0.3 is 5.97 Å². The number of aliphatic hydroxyl groups excluding tert-OH is 1. The van der Waals surface area contributed by atoms with Gasteiger partial charge in [0.15, 0.2) is 0 Å². The third kappa shape index (κ3) is 3.36. The summed E-state index contributed by atoms with van der Waals surface area (Å²) in [7, 11) is 1.29. The van der Waals surface area contributed by atoms with Crippen molar-refractivity contribution in [2.75, 3.05) is 13.7 Å². The Labute approximate surface area is 112 Å². The molecule has 1 fully saturated rings. The minimum Gasteiger partial charge on any atom is -0.463 e. The van der Waals surface area contributed by atoms with Crippen LogP contribution in [0.3, 0.4) is 0 Å². The van der Waals surface area contributed by atoms with E-state index in [0.717, 1.165) is 19.4 Å². The topological polar surface area (TPSA) is 68.9 Å². The van der Waals surface area contributed by atoms with Crippen LogP contribution in [0.15, 0.2) is 16.5 Å². The molecule has 0 aliphatic heterocycles. The maximum Gasteiger partial charge on any atom is 0.373 e. The SMILES string of the molecule is CCOC1CC(CC(O)c2ccc(C(=O)OC)o2)C1. The van der Waals surface area contributed by atoms with Gasteiger partial charge in [-0.1, -0.05) is 0 Å². The Hall–Kier alpha value is -1.33. The lowest BCUT2D eigenvalue weighted by molar-refractivity contribution is -0.0398. The first-order valence-electron chi connectivity index (χ1n) is 6.61. The summed E-state index contributed by atoms with van der Waals surface area (Å²) in [5, 5.41) is 10.1. The van der Waals surface area contributed by atoms with E-state index < -0.39 is 12.1 Å². The zero-order valence-electron chi connectivity index (χ0n) is 11.3. The highest BCUT2D eigenvalue weighted by Crippen LogP contribution is 2.37. The lowest BCUT2D eigenvalue weighted by Crippen LogP contribution is -2.32. The Kier molecular flexibility index (Phi) is 4.61. The van der Waals surface area contributed by atoms with Crippen LogP contribution in [-0.2, 0) is 9.47 Å². The molecule has 5 heteroatoms. The molecule has 0 aromatic carbocycles. The Morgan fingerprint density at radius 1 is 1.53 bits per heavy atom. The number of methoxy groups -OCH3 is 1. The van der Waals surface area contributed by atoms with Crippen molar-refractivity contribution in [3.63, 3.8) is 0 Å². The number of hydrogen-bond acceptors (Lipinski definition) is 5. The lowest BCUT2D eigenvalue weighted by Gasteiger charge is -2.35. The van der Waals surface area contributed by atoms with Gasteiger partial charge in [0.2, 0.25) is 5.76 Å². The van der Waals surface area contributed by atoms with Crippen molar-refractivity contribution in [2.45, 2.75) is 38.4 Å². The van der Waals surface area contributed by atoms with E-state index in [9.17, 15) is 9.90 Å². The maximum atomic E-state index is 11.2. The number of ether oxygens (including phenoxy) is 2. The lowest BCUT2D eigenvalue weighted by atomic mass is 9.78. The second-order valence-electron chi connectivity index (χ2n) is 4.86. The summed E-state index contributed by atoms with van der Waals surface area (Å²) in [5.74, 6) is 0.467. The molecule has 1 aromatic heterocycles. The van der Waals surface area contributed by atoms with Gasteiger partial charge in [-0.25, -0.2) is 4.79 Å². The van der Waals surface area contributed by atoms with Crippen LogP contribution >= 0.6 is 0 Å². The fraction of sp³-hybridized carbons (Fsp3) is 0.643. The summed E-state index contributed by atoms with van der Waals surface area (Å²) in [4.78, 5) is 11.2. The molecular formula is C14H20O5. The van der Waals surface area contributed by atoms with E-state index in [2.05, 4.69) is 4.74 Å².